The average Bonchev–Trinajstić information content (AvgIpc) is 3.21. The van der Waals surface area contributed by atoms with Gasteiger partial charge in [-0.15, -0.1) is 0 Å². The highest BCUT2D eigenvalue weighted by Gasteiger charge is 2.60. The van der Waals surface area contributed by atoms with Crippen molar-refractivity contribution in [1.82, 2.24) is 14.8 Å². The number of ether oxygens (including phenoxy) is 1. The molecule has 0 spiro atoms. The van der Waals surface area contributed by atoms with E-state index in [1.54, 1.807) is 42.2 Å². The monoisotopic (exact) mass is 501 g/mol. The number of alkyl halides is 1. The van der Waals surface area contributed by atoms with Gasteiger partial charge in [0.05, 0.1) is 7.11 Å². The SMILES string of the molecule is COc1ccc2[nH]c3c(c2c1F)C[C@@]1(C)C(=O)N(CCBr)C(=O)N1[C@@H]3c1cccc(O)c1. The number of halogens is 2. The highest BCUT2D eigenvalue weighted by atomic mass is 79.9. The number of fused-ring (bicyclic) bond motifs is 4. The Balaban J connectivity index is 1.81. The lowest BCUT2D eigenvalue weighted by molar-refractivity contribution is -0.133. The van der Waals surface area contributed by atoms with Crippen LogP contribution >= 0.6 is 15.9 Å². The van der Waals surface area contributed by atoms with Crippen molar-refractivity contribution in [2.75, 3.05) is 19.0 Å². The molecule has 2 atom stereocenters. The Kier molecular flexibility index (Phi) is 4.70. The van der Waals surface area contributed by atoms with Gasteiger partial charge in [0.1, 0.15) is 17.3 Å². The number of phenols is 1. The Labute approximate surface area is 191 Å². The summed E-state index contributed by atoms with van der Waals surface area (Å²) in [6.07, 6.45) is 0.158. The quantitative estimate of drug-likeness (QED) is 0.416. The van der Waals surface area contributed by atoms with E-state index in [4.69, 9.17) is 4.74 Å². The van der Waals surface area contributed by atoms with Gasteiger partial charge in [0, 0.05) is 34.9 Å². The highest BCUT2D eigenvalue weighted by Crippen LogP contribution is 2.49. The number of hydrogen-bond donors (Lipinski definition) is 2. The average molecular weight is 502 g/mol. The Morgan fingerprint density at radius 3 is 2.78 bits per heavy atom. The van der Waals surface area contributed by atoms with E-state index in [0.717, 1.165) is 0 Å². The second-order valence-electron chi connectivity index (χ2n) is 8.27. The van der Waals surface area contributed by atoms with Crippen LogP contribution in [0, 0.1) is 5.82 Å². The summed E-state index contributed by atoms with van der Waals surface area (Å²) in [6.45, 7) is 1.95. The summed E-state index contributed by atoms with van der Waals surface area (Å²) in [5, 5.41) is 10.9. The molecule has 32 heavy (non-hydrogen) atoms. The first-order valence-electron chi connectivity index (χ1n) is 10.2. The Morgan fingerprint density at radius 1 is 1.31 bits per heavy atom. The van der Waals surface area contributed by atoms with Gasteiger partial charge in [-0.3, -0.25) is 14.6 Å². The van der Waals surface area contributed by atoms with Crippen LogP contribution in [-0.2, 0) is 11.2 Å². The van der Waals surface area contributed by atoms with E-state index in [1.165, 1.54) is 18.1 Å². The predicted octanol–water partition coefficient (Wildman–Crippen LogP) is 4.08. The second-order valence-corrected chi connectivity index (χ2v) is 9.06. The molecule has 0 saturated carbocycles. The molecule has 0 bridgehead atoms. The fourth-order valence-electron chi connectivity index (χ4n) is 5.03. The van der Waals surface area contributed by atoms with Gasteiger partial charge >= 0.3 is 6.03 Å². The number of aromatic nitrogens is 1. The van der Waals surface area contributed by atoms with Crippen LogP contribution in [0.1, 0.15) is 29.8 Å². The molecule has 0 radical (unpaired) electrons. The zero-order valence-electron chi connectivity index (χ0n) is 17.5. The maximum Gasteiger partial charge on any atom is 0.328 e. The molecule has 9 heteroatoms. The Bertz CT molecular complexity index is 1280. The number of carbonyl (C=O) groups is 2. The number of H-pyrrole nitrogens is 1. The molecule has 1 fully saturated rings. The van der Waals surface area contributed by atoms with Gasteiger partial charge in [0.2, 0.25) is 0 Å². The third-order valence-corrected chi connectivity index (χ3v) is 6.80. The minimum Gasteiger partial charge on any atom is -0.508 e. The molecule has 2 aromatic carbocycles. The zero-order chi connectivity index (χ0) is 22.8. The molecule has 3 amide bonds. The fraction of sp³-hybridized carbons (Fsp3) is 0.304. The van der Waals surface area contributed by atoms with Crippen molar-refractivity contribution < 1.29 is 23.8 Å². The number of aromatic amines is 1. The smallest absolute Gasteiger partial charge is 0.328 e. The van der Waals surface area contributed by atoms with Crippen molar-refractivity contribution in [1.29, 1.82) is 0 Å². The van der Waals surface area contributed by atoms with Crippen molar-refractivity contribution in [3.05, 3.63) is 59.0 Å². The number of benzene rings is 2. The predicted molar refractivity (Wildman–Crippen MR) is 120 cm³/mol. The molecular formula is C23H21BrFN3O4. The van der Waals surface area contributed by atoms with Gasteiger partial charge in [-0.05, 0) is 42.3 Å². The van der Waals surface area contributed by atoms with E-state index >= 15 is 4.39 Å². The van der Waals surface area contributed by atoms with Crippen LogP contribution in [0.3, 0.4) is 0 Å². The summed E-state index contributed by atoms with van der Waals surface area (Å²) in [7, 11) is 1.40. The number of urea groups is 1. The maximum absolute atomic E-state index is 15.4. The number of rotatable bonds is 4. The topological polar surface area (TPSA) is 85.9 Å². The summed E-state index contributed by atoms with van der Waals surface area (Å²) < 4.78 is 20.5. The number of methoxy groups -OCH3 is 1. The van der Waals surface area contributed by atoms with E-state index in [2.05, 4.69) is 20.9 Å². The molecule has 3 heterocycles. The van der Waals surface area contributed by atoms with E-state index in [-0.39, 0.29) is 30.4 Å². The highest BCUT2D eigenvalue weighted by molar-refractivity contribution is 9.09. The summed E-state index contributed by atoms with van der Waals surface area (Å²) in [4.78, 5) is 33.0. The normalized spacial score (nSPS) is 22.4. The zero-order valence-corrected chi connectivity index (χ0v) is 19.1. The van der Waals surface area contributed by atoms with Crippen LogP contribution in [0.5, 0.6) is 11.5 Å². The number of imide groups is 1. The van der Waals surface area contributed by atoms with Gasteiger partial charge in [0.15, 0.2) is 11.6 Å². The van der Waals surface area contributed by atoms with Crippen LogP contribution in [0.15, 0.2) is 36.4 Å². The number of nitrogens with zero attached hydrogens (tertiary/aromatic N) is 2. The van der Waals surface area contributed by atoms with Gasteiger partial charge < -0.3 is 14.8 Å². The van der Waals surface area contributed by atoms with E-state index < -0.39 is 23.4 Å². The van der Waals surface area contributed by atoms with Crippen molar-refractivity contribution in [2.45, 2.75) is 24.9 Å². The largest absolute Gasteiger partial charge is 0.508 e. The molecule has 166 valence electrons. The molecular weight excluding hydrogens is 481 g/mol. The van der Waals surface area contributed by atoms with Crippen molar-refractivity contribution in [3.63, 3.8) is 0 Å². The molecule has 1 aromatic heterocycles. The van der Waals surface area contributed by atoms with Gasteiger partial charge in [0.25, 0.3) is 5.91 Å². The summed E-state index contributed by atoms with van der Waals surface area (Å²) >= 11 is 3.31. The second kappa shape index (κ2) is 7.23. The molecule has 5 rings (SSSR count). The number of hydrogen-bond acceptors (Lipinski definition) is 4. The van der Waals surface area contributed by atoms with E-state index in [9.17, 15) is 14.7 Å². The lowest BCUT2D eigenvalue weighted by Gasteiger charge is -2.42. The number of nitrogens with one attached hydrogen (secondary N) is 1. The van der Waals surface area contributed by atoms with Crippen LogP contribution < -0.4 is 4.74 Å². The third-order valence-electron chi connectivity index (χ3n) is 6.44. The van der Waals surface area contributed by atoms with Crippen LogP contribution in [0.2, 0.25) is 0 Å². The van der Waals surface area contributed by atoms with Crippen LogP contribution in [0.4, 0.5) is 9.18 Å². The minimum absolute atomic E-state index is 0.0376. The van der Waals surface area contributed by atoms with Gasteiger partial charge in [-0.2, -0.15) is 0 Å². The minimum atomic E-state index is -1.20. The molecule has 7 nitrogen and oxygen atoms in total. The molecule has 2 aliphatic heterocycles. The summed E-state index contributed by atoms with van der Waals surface area (Å²) in [6, 6.07) is 8.72. The summed E-state index contributed by atoms with van der Waals surface area (Å²) in [5.74, 6) is -0.690. The van der Waals surface area contributed by atoms with Gasteiger partial charge in [-0.1, -0.05) is 28.1 Å². The Morgan fingerprint density at radius 2 is 2.09 bits per heavy atom. The molecule has 2 N–H and O–H groups in total. The first-order chi connectivity index (χ1) is 15.3. The number of carbonyl (C=O) groups excluding carboxylic acids is 2. The van der Waals surface area contributed by atoms with Gasteiger partial charge in [-0.25, -0.2) is 9.18 Å². The molecule has 0 aliphatic carbocycles. The fourth-order valence-corrected chi connectivity index (χ4v) is 5.38. The van der Waals surface area contributed by atoms with Crippen molar-refractivity contribution >= 4 is 38.8 Å². The molecule has 2 aliphatic rings. The summed E-state index contributed by atoms with van der Waals surface area (Å²) in [5.41, 5.74) is 1.23. The van der Waals surface area contributed by atoms with Crippen molar-refractivity contribution in [3.8, 4) is 11.5 Å². The Hall–Kier alpha value is -3.07. The molecule has 3 aromatic rings. The van der Waals surface area contributed by atoms with Crippen LogP contribution in [0.25, 0.3) is 10.9 Å². The molecule has 1 saturated heterocycles. The number of amides is 3. The maximum atomic E-state index is 15.4. The van der Waals surface area contributed by atoms with E-state index in [1.807, 2.05) is 0 Å². The number of phenolic OH excluding ortho intramolecular Hbond substituents is 1. The van der Waals surface area contributed by atoms with E-state index in [0.29, 0.717) is 33.1 Å². The third kappa shape index (κ3) is 2.70. The first-order valence-corrected chi connectivity index (χ1v) is 11.3. The first kappa shape index (κ1) is 20.8. The standard InChI is InChI=1S/C23H21BrFN3O4/c1-23-11-14-17-15(6-7-16(32-2)18(17)25)26-19(14)20(12-4-3-5-13(29)10-12)28(23)22(31)27(9-8-24)21(23)30/h3-7,10,20,26,29H,8-9,11H2,1-2H3/t20-,23+/m1/s1. The lowest BCUT2D eigenvalue weighted by Crippen LogP contribution is -2.53. The molecule has 0 unspecified atom stereocenters. The number of aromatic hydroxyl groups is 1. The van der Waals surface area contributed by atoms with Crippen LogP contribution in [-0.4, -0.2) is 56.4 Å². The van der Waals surface area contributed by atoms with Crippen molar-refractivity contribution in [2.24, 2.45) is 0 Å². The lowest BCUT2D eigenvalue weighted by atomic mass is 9.81.